The first-order valence-corrected chi connectivity index (χ1v) is 11.2. The number of sulfone groups is 1. The molecule has 0 aliphatic carbocycles. The average Bonchev–Trinajstić information content (AvgIpc) is 3.04. The van der Waals surface area contributed by atoms with Crippen molar-refractivity contribution in [2.45, 2.75) is 39.1 Å². The van der Waals surface area contributed by atoms with Crippen LogP contribution in [0.15, 0.2) is 17.2 Å². The number of carbonyl (C=O) groups is 2. The largest absolute Gasteiger partial charge is 0.465 e. The number of hydrogen-bond acceptors (Lipinski definition) is 7. The monoisotopic (exact) mass is 442 g/mol. The van der Waals surface area contributed by atoms with E-state index in [1.165, 1.54) is 16.9 Å². The molecule has 1 heterocycles. The van der Waals surface area contributed by atoms with E-state index in [0.29, 0.717) is 17.7 Å². The van der Waals surface area contributed by atoms with Crippen molar-refractivity contribution in [1.82, 2.24) is 9.78 Å². The lowest BCUT2D eigenvalue weighted by atomic mass is 10.0. The van der Waals surface area contributed by atoms with Crippen molar-refractivity contribution >= 4 is 33.2 Å². The van der Waals surface area contributed by atoms with Crippen LogP contribution in [0.1, 0.15) is 40.9 Å². The molecule has 29 heavy (non-hydrogen) atoms. The Hall–Kier alpha value is -2.39. The summed E-state index contributed by atoms with van der Waals surface area (Å²) in [6.07, 6.45) is 2.42. The molecular formula is C19H23ClN2O6S. The first-order chi connectivity index (χ1) is 13.5. The highest BCUT2D eigenvalue weighted by atomic mass is 35.5. The molecule has 0 amide bonds. The highest BCUT2D eigenvalue weighted by molar-refractivity contribution is 7.90. The summed E-state index contributed by atoms with van der Waals surface area (Å²) in [7, 11) is -3.51. The summed E-state index contributed by atoms with van der Waals surface area (Å²) >= 11 is 6.36. The molecule has 0 bridgehead atoms. The predicted molar refractivity (Wildman–Crippen MR) is 107 cm³/mol. The summed E-state index contributed by atoms with van der Waals surface area (Å²) < 4.78 is 35.9. The quantitative estimate of drug-likeness (QED) is 0.457. The van der Waals surface area contributed by atoms with E-state index in [2.05, 4.69) is 5.10 Å². The van der Waals surface area contributed by atoms with Gasteiger partial charge in [-0.2, -0.15) is 5.10 Å². The van der Waals surface area contributed by atoms with E-state index >= 15 is 0 Å². The van der Waals surface area contributed by atoms with Crippen LogP contribution in [0.5, 0.6) is 5.88 Å². The van der Waals surface area contributed by atoms with Crippen molar-refractivity contribution in [3.8, 4) is 5.88 Å². The molecular weight excluding hydrogens is 420 g/mol. The lowest BCUT2D eigenvalue weighted by Crippen LogP contribution is -2.18. The van der Waals surface area contributed by atoms with Gasteiger partial charge in [0.05, 0.1) is 22.7 Å². The minimum Gasteiger partial charge on any atom is -0.465 e. The Bertz CT molecular complexity index is 1060. The Morgan fingerprint density at radius 2 is 1.86 bits per heavy atom. The van der Waals surface area contributed by atoms with Gasteiger partial charge in [-0.25, -0.2) is 17.9 Å². The Balaban J connectivity index is 2.51. The van der Waals surface area contributed by atoms with Crippen molar-refractivity contribution in [3.63, 3.8) is 0 Å². The third-order valence-electron chi connectivity index (χ3n) is 4.21. The van der Waals surface area contributed by atoms with Crippen LogP contribution in [0.2, 0.25) is 5.02 Å². The molecule has 0 unspecified atom stereocenters. The summed E-state index contributed by atoms with van der Waals surface area (Å²) in [5.41, 5.74) is 0.957. The Labute approximate surface area is 174 Å². The molecule has 0 spiro atoms. The van der Waals surface area contributed by atoms with Gasteiger partial charge in [-0.3, -0.25) is 4.79 Å². The van der Waals surface area contributed by atoms with Crippen LogP contribution >= 0.6 is 11.6 Å². The molecule has 0 N–H and O–H groups in total. The predicted octanol–water partition coefficient (Wildman–Crippen LogP) is 2.75. The second-order valence-electron chi connectivity index (χ2n) is 6.38. The summed E-state index contributed by atoms with van der Waals surface area (Å²) in [5.74, 6) is -0.944. The Morgan fingerprint density at radius 1 is 1.21 bits per heavy atom. The number of hydrogen-bond donors (Lipinski definition) is 0. The summed E-state index contributed by atoms with van der Waals surface area (Å²) in [6.45, 7) is 6.88. The third kappa shape index (κ3) is 4.79. The van der Waals surface area contributed by atoms with Crippen LogP contribution in [-0.2, 0) is 25.9 Å². The molecule has 0 aliphatic heterocycles. The van der Waals surface area contributed by atoms with E-state index in [1.807, 2.05) is 0 Å². The van der Waals surface area contributed by atoms with Crippen LogP contribution in [0, 0.1) is 13.8 Å². The molecule has 1 aromatic carbocycles. The number of nitrogens with zero attached hydrogens (tertiary/aromatic N) is 2. The molecule has 0 saturated heterocycles. The smallest absolute Gasteiger partial charge is 0.344 e. The minimum absolute atomic E-state index is 0.0432. The van der Waals surface area contributed by atoms with Gasteiger partial charge in [-0.15, -0.1) is 0 Å². The Kier molecular flexibility index (Phi) is 7.07. The average molecular weight is 443 g/mol. The topological polar surface area (TPSA) is 105 Å². The number of halogens is 1. The van der Waals surface area contributed by atoms with Gasteiger partial charge in [0.1, 0.15) is 5.56 Å². The zero-order valence-corrected chi connectivity index (χ0v) is 18.5. The lowest BCUT2D eigenvalue weighted by Gasteiger charge is -2.14. The molecule has 0 radical (unpaired) electrons. The zero-order chi connectivity index (χ0) is 21.9. The number of ether oxygens (including phenoxy) is 2. The Morgan fingerprint density at radius 3 is 2.41 bits per heavy atom. The van der Waals surface area contributed by atoms with E-state index in [9.17, 15) is 18.0 Å². The molecule has 1 aromatic heterocycles. The van der Waals surface area contributed by atoms with Crippen LogP contribution in [0.25, 0.3) is 0 Å². The van der Waals surface area contributed by atoms with Gasteiger partial charge < -0.3 is 9.47 Å². The van der Waals surface area contributed by atoms with Crippen LogP contribution < -0.4 is 4.74 Å². The molecule has 2 aromatic rings. The van der Waals surface area contributed by atoms with Gasteiger partial charge in [0.2, 0.25) is 11.7 Å². The number of rotatable bonds is 8. The van der Waals surface area contributed by atoms with Gasteiger partial charge in [0.15, 0.2) is 16.4 Å². The minimum atomic E-state index is -3.51. The molecule has 2 rings (SSSR count). The molecule has 10 heteroatoms. The second-order valence-corrected chi connectivity index (χ2v) is 8.71. The highest BCUT2D eigenvalue weighted by Crippen LogP contribution is 2.33. The number of carbonyl (C=O) groups excluding carboxylic acids is 2. The molecule has 0 saturated carbocycles. The van der Waals surface area contributed by atoms with E-state index in [0.717, 1.165) is 6.26 Å². The number of esters is 1. The molecule has 0 aliphatic rings. The fourth-order valence-electron chi connectivity index (χ4n) is 3.06. The normalized spacial score (nSPS) is 11.4. The first kappa shape index (κ1) is 22.9. The maximum atomic E-state index is 13.2. The van der Waals surface area contributed by atoms with Crippen LogP contribution in [0.4, 0.5) is 0 Å². The van der Waals surface area contributed by atoms with E-state index in [-0.39, 0.29) is 40.1 Å². The van der Waals surface area contributed by atoms with Crippen molar-refractivity contribution in [3.05, 3.63) is 39.5 Å². The first-order valence-electron chi connectivity index (χ1n) is 8.91. The van der Waals surface area contributed by atoms with Gasteiger partial charge in [0, 0.05) is 18.4 Å². The fourth-order valence-corrected chi connectivity index (χ4v) is 4.65. The second kappa shape index (κ2) is 8.96. The molecule has 8 nitrogen and oxygen atoms in total. The van der Waals surface area contributed by atoms with E-state index in [4.69, 9.17) is 21.1 Å². The van der Waals surface area contributed by atoms with Gasteiger partial charge in [-0.05, 0) is 44.9 Å². The number of aromatic nitrogens is 2. The molecule has 158 valence electrons. The van der Waals surface area contributed by atoms with Crippen molar-refractivity contribution in [2.75, 3.05) is 19.5 Å². The standard InChI is InChI=1S/C19H23ClN2O6S/c1-6-22-19(28-10-15(23)27-7-2)14(9-21-22)17(24)13-8-11(3)18(29(5,25)26)12(4)16(13)20/h8-9H,6-7,10H2,1-5H3. The summed E-state index contributed by atoms with van der Waals surface area (Å²) in [6, 6.07) is 1.44. The molecule has 0 fully saturated rings. The number of benzene rings is 1. The summed E-state index contributed by atoms with van der Waals surface area (Å²) in [4.78, 5) is 24.9. The van der Waals surface area contributed by atoms with Gasteiger partial charge in [0.25, 0.3) is 0 Å². The molecule has 0 atom stereocenters. The van der Waals surface area contributed by atoms with Crippen molar-refractivity contribution < 1.29 is 27.5 Å². The lowest BCUT2D eigenvalue weighted by molar-refractivity contribution is -0.145. The number of ketones is 1. The summed E-state index contributed by atoms with van der Waals surface area (Å²) in [5, 5.41) is 4.16. The highest BCUT2D eigenvalue weighted by Gasteiger charge is 2.26. The van der Waals surface area contributed by atoms with Gasteiger partial charge in [-0.1, -0.05) is 11.6 Å². The fraction of sp³-hybridized carbons (Fsp3) is 0.421. The van der Waals surface area contributed by atoms with E-state index < -0.39 is 21.6 Å². The maximum Gasteiger partial charge on any atom is 0.344 e. The SMILES string of the molecule is CCOC(=O)COc1c(C(=O)c2cc(C)c(S(C)(=O)=O)c(C)c2Cl)cnn1CC. The third-order valence-corrected chi connectivity index (χ3v) is 6.06. The number of aryl methyl sites for hydroxylation is 2. The van der Waals surface area contributed by atoms with E-state index in [1.54, 1.807) is 27.7 Å². The van der Waals surface area contributed by atoms with Gasteiger partial charge >= 0.3 is 5.97 Å². The van der Waals surface area contributed by atoms with Crippen LogP contribution in [-0.4, -0.2) is 49.4 Å². The van der Waals surface area contributed by atoms with Crippen molar-refractivity contribution in [2.24, 2.45) is 0 Å². The van der Waals surface area contributed by atoms with Crippen LogP contribution in [0.3, 0.4) is 0 Å². The van der Waals surface area contributed by atoms with Crippen molar-refractivity contribution in [1.29, 1.82) is 0 Å². The maximum absolute atomic E-state index is 13.2. The zero-order valence-electron chi connectivity index (χ0n) is 16.9.